The van der Waals surface area contributed by atoms with E-state index in [1.165, 1.54) is 69.5 Å². The third-order valence-electron chi connectivity index (χ3n) is 6.44. The molecule has 0 unspecified atom stereocenters. The van der Waals surface area contributed by atoms with Crippen molar-refractivity contribution in [3.05, 3.63) is 48.0 Å². The molecule has 0 atom stereocenters. The number of hydrogen-bond donors (Lipinski definition) is 1. The molecule has 0 radical (unpaired) electrons. The van der Waals surface area contributed by atoms with Gasteiger partial charge in [-0.05, 0) is 88.3 Å². The maximum Gasteiger partial charge on any atom is 0.119 e. The average molecular weight is 397 g/mol. The molecule has 2 fully saturated rings. The number of ether oxygens (including phenoxy) is 1. The fraction of sp³-hybridized carbons (Fsp3) is 0.625. The molecule has 0 aliphatic carbocycles. The molecule has 3 heterocycles. The maximum atomic E-state index is 5.98. The second-order valence-electron chi connectivity index (χ2n) is 8.75. The van der Waals surface area contributed by atoms with E-state index in [0.717, 1.165) is 44.2 Å². The Morgan fingerprint density at radius 1 is 0.966 bits per heavy atom. The Kier molecular flexibility index (Phi) is 7.60. The van der Waals surface area contributed by atoms with E-state index in [0.29, 0.717) is 0 Å². The van der Waals surface area contributed by atoms with Gasteiger partial charge in [-0.25, -0.2) is 4.98 Å². The second kappa shape index (κ2) is 10.8. The van der Waals surface area contributed by atoms with Crippen LogP contribution < -0.4 is 4.74 Å². The number of nitrogens with one attached hydrogen (secondary N) is 1. The normalized spacial score (nSPS) is 19.4. The van der Waals surface area contributed by atoms with Gasteiger partial charge in [0.2, 0.25) is 0 Å². The molecule has 2 aromatic rings. The lowest BCUT2D eigenvalue weighted by atomic mass is 9.92. The van der Waals surface area contributed by atoms with Crippen molar-refractivity contribution in [3.63, 3.8) is 0 Å². The van der Waals surface area contributed by atoms with E-state index in [1.807, 2.05) is 6.20 Å². The number of piperidine rings is 2. The van der Waals surface area contributed by atoms with Crippen molar-refractivity contribution in [1.29, 1.82) is 0 Å². The smallest absolute Gasteiger partial charge is 0.119 e. The van der Waals surface area contributed by atoms with E-state index < -0.39 is 0 Å². The summed E-state index contributed by atoms with van der Waals surface area (Å²) < 4.78 is 5.98. The average Bonchev–Trinajstić information content (AvgIpc) is 3.27. The summed E-state index contributed by atoms with van der Waals surface area (Å²) in [4.78, 5) is 12.5. The van der Waals surface area contributed by atoms with E-state index in [9.17, 15) is 0 Å². The molecule has 0 amide bonds. The van der Waals surface area contributed by atoms with E-state index in [1.54, 1.807) is 6.33 Å². The molecule has 2 aliphatic heterocycles. The van der Waals surface area contributed by atoms with Crippen molar-refractivity contribution in [2.24, 2.45) is 5.92 Å². The van der Waals surface area contributed by atoms with Gasteiger partial charge >= 0.3 is 0 Å². The SMILES string of the molecule is c1ncc(CC2CCN(CCCOc3ccc(CN4CCCCC4)cc3)CC2)[nH]1. The molecule has 1 aromatic heterocycles. The Morgan fingerprint density at radius 2 is 1.76 bits per heavy atom. The van der Waals surface area contributed by atoms with E-state index in [-0.39, 0.29) is 0 Å². The topological polar surface area (TPSA) is 44.4 Å². The summed E-state index contributed by atoms with van der Waals surface area (Å²) in [6, 6.07) is 8.74. The van der Waals surface area contributed by atoms with Gasteiger partial charge in [-0.15, -0.1) is 0 Å². The lowest BCUT2D eigenvalue weighted by Crippen LogP contribution is -2.35. The van der Waals surface area contributed by atoms with Crippen LogP contribution in [-0.2, 0) is 13.0 Å². The summed E-state index contributed by atoms with van der Waals surface area (Å²) in [7, 11) is 0. The van der Waals surface area contributed by atoms with Gasteiger partial charge in [0, 0.05) is 25.0 Å². The molecule has 0 saturated carbocycles. The van der Waals surface area contributed by atoms with Crippen molar-refractivity contribution in [3.8, 4) is 5.75 Å². The fourth-order valence-corrected chi connectivity index (χ4v) is 4.67. The number of rotatable bonds is 9. The van der Waals surface area contributed by atoms with Gasteiger partial charge in [0.25, 0.3) is 0 Å². The van der Waals surface area contributed by atoms with Crippen molar-refractivity contribution in [2.75, 3.05) is 39.3 Å². The zero-order valence-electron chi connectivity index (χ0n) is 17.7. The monoisotopic (exact) mass is 396 g/mol. The van der Waals surface area contributed by atoms with Gasteiger partial charge in [0.15, 0.2) is 0 Å². The summed E-state index contributed by atoms with van der Waals surface area (Å²) in [5.41, 5.74) is 2.68. The lowest BCUT2D eigenvalue weighted by Gasteiger charge is -2.31. The minimum atomic E-state index is 0.798. The van der Waals surface area contributed by atoms with Crippen LogP contribution in [0, 0.1) is 5.92 Å². The molecule has 29 heavy (non-hydrogen) atoms. The van der Waals surface area contributed by atoms with Gasteiger partial charge in [-0.2, -0.15) is 0 Å². The Bertz CT molecular complexity index is 686. The summed E-state index contributed by atoms with van der Waals surface area (Å²) in [6.07, 6.45) is 12.7. The van der Waals surface area contributed by atoms with Gasteiger partial charge in [-0.1, -0.05) is 18.6 Å². The van der Waals surface area contributed by atoms with E-state index >= 15 is 0 Å². The van der Waals surface area contributed by atoms with Crippen molar-refractivity contribution >= 4 is 0 Å². The number of aromatic nitrogens is 2. The van der Waals surface area contributed by atoms with Gasteiger partial charge < -0.3 is 14.6 Å². The zero-order chi connectivity index (χ0) is 19.7. The predicted molar refractivity (Wildman–Crippen MR) is 117 cm³/mol. The van der Waals surface area contributed by atoms with Crippen LogP contribution in [0.2, 0.25) is 0 Å². The minimum absolute atomic E-state index is 0.798. The van der Waals surface area contributed by atoms with Crippen LogP contribution in [-0.4, -0.2) is 59.1 Å². The number of nitrogens with zero attached hydrogens (tertiary/aromatic N) is 3. The first kappa shape index (κ1) is 20.4. The highest BCUT2D eigenvalue weighted by Crippen LogP contribution is 2.21. The molecule has 1 aromatic carbocycles. The van der Waals surface area contributed by atoms with Crippen molar-refractivity contribution < 1.29 is 4.74 Å². The number of benzene rings is 1. The number of H-pyrrole nitrogens is 1. The van der Waals surface area contributed by atoms with Crippen molar-refractivity contribution in [1.82, 2.24) is 19.8 Å². The van der Waals surface area contributed by atoms with Gasteiger partial charge in [-0.3, -0.25) is 4.90 Å². The molecule has 158 valence electrons. The van der Waals surface area contributed by atoms with Crippen LogP contribution in [0.3, 0.4) is 0 Å². The predicted octanol–water partition coefficient (Wildman–Crippen LogP) is 4.12. The van der Waals surface area contributed by atoms with Crippen LogP contribution in [0.1, 0.15) is 49.8 Å². The van der Waals surface area contributed by atoms with E-state index in [4.69, 9.17) is 4.74 Å². The summed E-state index contributed by atoms with van der Waals surface area (Å²) in [6.45, 7) is 7.95. The Balaban J connectivity index is 1.09. The van der Waals surface area contributed by atoms with Gasteiger partial charge in [0.1, 0.15) is 5.75 Å². The maximum absolute atomic E-state index is 5.98. The highest BCUT2D eigenvalue weighted by atomic mass is 16.5. The van der Waals surface area contributed by atoms with Crippen molar-refractivity contribution in [2.45, 2.75) is 51.5 Å². The van der Waals surface area contributed by atoms with Crippen LogP contribution in [0.15, 0.2) is 36.8 Å². The highest BCUT2D eigenvalue weighted by Gasteiger charge is 2.19. The van der Waals surface area contributed by atoms with E-state index in [2.05, 4.69) is 44.0 Å². The number of hydrogen-bond acceptors (Lipinski definition) is 4. The molecule has 0 spiro atoms. The summed E-state index contributed by atoms with van der Waals surface area (Å²) in [5.74, 6) is 1.80. The first-order valence-electron chi connectivity index (χ1n) is 11.5. The molecule has 0 bridgehead atoms. The van der Waals surface area contributed by atoms with Crippen LogP contribution >= 0.6 is 0 Å². The minimum Gasteiger partial charge on any atom is -0.494 e. The lowest BCUT2D eigenvalue weighted by molar-refractivity contribution is 0.170. The van der Waals surface area contributed by atoms with Crippen LogP contribution in [0.4, 0.5) is 0 Å². The largest absolute Gasteiger partial charge is 0.494 e. The molecule has 1 N–H and O–H groups in total. The van der Waals surface area contributed by atoms with Gasteiger partial charge in [0.05, 0.1) is 12.9 Å². The highest BCUT2D eigenvalue weighted by molar-refractivity contribution is 5.27. The quantitative estimate of drug-likeness (QED) is 0.648. The number of imidazole rings is 1. The second-order valence-corrected chi connectivity index (χ2v) is 8.75. The summed E-state index contributed by atoms with van der Waals surface area (Å²) in [5, 5.41) is 0. The third-order valence-corrected chi connectivity index (χ3v) is 6.44. The first-order valence-corrected chi connectivity index (χ1v) is 11.5. The molecule has 5 heteroatoms. The van der Waals surface area contributed by atoms with Crippen LogP contribution in [0.25, 0.3) is 0 Å². The standard InChI is InChI=1S/C24H36N4O/c1-2-11-28(12-3-1)19-22-5-7-24(8-6-22)29-16-4-13-27-14-9-21(10-15-27)17-23-18-25-20-26-23/h5-8,18,20-21H,1-4,9-17,19H2,(H,25,26). The number of aromatic amines is 1. The van der Waals surface area contributed by atoms with Crippen LogP contribution in [0.5, 0.6) is 5.75 Å². The fourth-order valence-electron chi connectivity index (χ4n) is 4.67. The Hall–Kier alpha value is -1.85. The summed E-state index contributed by atoms with van der Waals surface area (Å²) >= 11 is 0. The molecule has 5 nitrogen and oxygen atoms in total. The number of likely N-dealkylation sites (tertiary alicyclic amines) is 2. The molecule has 2 saturated heterocycles. The molecular formula is C24H36N4O. The Labute approximate surface area is 175 Å². The first-order chi connectivity index (χ1) is 14.3. The molecule has 4 rings (SSSR count). The Morgan fingerprint density at radius 3 is 2.48 bits per heavy atom. The third kappa shape index (κ3) is 6.58. The zero-order valence-corrected chi connectivity index (χ0v) is 17.7. The molecular weight excluding hydrogens is 360 g/mol. The molecule has 2 aliphatic rings.